The Morgan fingerprint density at radius 2 is 2.11 bits per heavy atom. The van der Waals surface area contributed by atoms with Gasteiger partial charge in [0.2, 0.25) is 0 Å². The van der Waals surface area contributed by atoms with Crippen molar-refractivity contribution >= 4 is 27.8 Å². The lowest BCUT2D eigenvalue weighted by Gasteiger charge is -2.26. The molecular weight excluding hydrogens is 298 g/mol. The number of carbonyl (C=O) groups is 2. The van der Waals surface area contributed by atoms with E-state index in [1.807, 2.05) is 6.07 Å². The third-order valence-electron chi connectivity index (χ3n) is 3.30. The van der Waals surface area contributed by atoms with Crippen LogP contribution in [0.5, 0.6) is 0 Å². The first-order valence-corrected chi connectivity index (χ1v) is 6.54. The molecule has 1 fully saturated rings. The van der Waals surface area contributed by atoms with E-state index in [4.69, 9.17) is 0 Å². The second kappa shape index (κ2) is 4.72. The predicted molar refractivity (Wildman–Crippen MR) is 70.4 cm³/mol. The van der Waals surface area contributed by atoms with Gasteiger partial charge in [-0.2, -0.15) is 0 Å². The van der Waals surface area contributed by atoms with Gasteiger partial charge >= 0.3 is 5.97 Å². The van der Waals surface area contributed by atoms with Crippen molar-refractivity contribution in [3.8, 4) is 0 Å². The van der Waals surface area contributed by atoms with Crippen molar-refractivity contribution in [1.29, 1.82) is 0 Å². The van der Waals surface area contributed by atoms with E-state index in [9.17, 15) is 14.7 Å². The molecule has 0 bridgehead atoms. The largest absolute Gasteiger partial charge is 0.480 e. The number of rotatable bonds is 4. The van der Waals surface area contributed by atoms with E-state index in [2.05, 4.69) is 21.2 Å². The van der Waals surface area contributed by atoms with E-state index in [1.54, 1.807) is 25.1 Å². The molecule has 1 atom stereocenters. The minimum absolute atomic E-state index is 0.0334. The maximum atomic E-state index is 12.1. The number of benzene rings is 1. The second-order valence-corrected chi connectivity index (χ2v) is 5.66. The van der Waals surface area contributed by atoms with Crippen molar-refractivity contribution in [2.24, 2.45) is 5.92 Å². The smallest absolute Gasteiger partial charge is 0.329 e. The summed E-state index contributed by atoms with van der Waals surface area (Å²) in [6.07, 6.45) is 1.70. The highest BCUT2D eigenvalue weighted by Crippen LogP contribution is 2.39. The summed E-state index contributed by atoms with van der Waals surface area (Å²) in [5.41, 5.74) is -0.711. The van der Waals surface area contributed by atoms with Gasteiger partial charge in [-0.05, 0) is 43.9 Å². The standard InChI is InChI=1S/C13H14BrNO3/c1-13(12(17)18,9-5-6-9)15-11(16)8-3-2-4-10(14)7-8/h2-4,7,9H,5-6H2,1H3,(H,15,16)(H,17,18). The summed E-state index contributed by atoms with van der Waals surface area (Å²) < 4.78 is 0.790. The van der Waals surface area contributed by atoms with Crippen LogP contribution in [0.1, 0.15) is 30.1 Å². The van der Waals surface area contributed by atoms with E-state index in [0.29, 0.717) is 5.56 Å². The van der Waals surface area contributed by atoms with Gasteiger partial charge in [0, 0.05) is 10.0 Å². The van der Waals surface area contributed by atoms with Gasteiger partial charge in [-0.15, -0.1) is 0 Å². The molecule has 0 aliphatic heterocycles. The van der Waals surface area contributed by atoms with Crippen LogP contribution >= 0.6 is 15.9 Å². The number of hydrogen-bond acceptors (Lipinski definition) is 2. The summed E-state index contributed by atoms with van der Waals surface area (Å²) in [5.74, 6) is -1.30. The predicted octanol–water partition coefficient (Wildman–Crippen LogP) is 2.43. The van der Waals surface area contributed by atoms with Gasteiger partial charge in [-0.3, -0.25) is 4.79 Å². The molecule has 0 heterocycles. The number of aliphatic carboxylic acids is 1. The topological polar surface area (TPSA) is 66.4 Å². The normalized spacial score (nSPS) is 17.9. The molecule has 1 saturated carbocycles. The summed E-state index contributed by atoms with van der Waals surface area (Å²) in [7, 11) is 0. The van der Waals surface area contributed by atoms with Crippen molar-refractivity contribution in [2.45, 2.75) is 25.3 Å². The van der Waals surface area contributed by atoms with Crippen molar-refractivity contribution in [3.63, 3.8) is 0 Å². The van der Waals surface area contributed by atoms with Gasteiger partial charge in [0.05, 0.1) is 0 Å². The van der Waals surface area contributed by atoms with Crippen LogP contribution in [-0.4, -0.2) is 22.5 Å². The molecule has 1 unspecified atom stereocenters. The molecule has 1 amide bonds. The Hall–Kier alpha value is -1.36. The van der Waals surface area contributed by atoms with Crippen LogP contribution in [0.4, 0.5) is 0 Å². The average molecular weight is 312 g/mol. The molecule has 1 aliphatic rings. The average Bonchev–Trinajstić information content (AvgIpc) is 3.12. The number of nitrogens with one attached hydrogen (secondary N) is 1. The lowest BCUT2D eigenvalue weighted by molar-refractivity contribution is -0.144. The molecule has 2 rings (SSSR count). The fraction of sp³-hybridized carbons (Fsp3) is 0.385. The Morgan fingerprint density at radius 1 is 1.44 bits per heavy atom. The maximum Gasteiger partial charge on any atom is 0.329 e. The van der Waals surface area contributed by atoms with E-state index in [-0.39, 0.29) is 11.8 Å². The first-order valence-electron chi connectivity index (χ1n) is 5.75. The van der Waals surface area contributed by atoms with Crippen LogP contribution in [0.3, 0.4) is 0 Å². The molecule has 18 heavy (non-hydrogen) atoms. The minimum atomic E-state index is -1.17. The Kier molecular flexibility index (Phi) is 3.43. The molecule has 2 N–H and O–H groups in total. The number of carboxylic acids is 1. The molecular formula is C13H14BrNO3. The molecule has 0 aromatic heterocycles. The van der Waals surface area contributed by atoms with Gasteiger partial charge in [-0.1, -0.05) is 22.0 Å². The Bertz CT molecular complexity index is 499. The minimum Gasteiger partial charge on any atom is -0.480 e. The van der Waals surface area contributed by atoms with E-state index >= 15 is 0 Å². The van der Waals surface area contributed by atoms with Crippen molar-refractivity contribution in [2.75, 3.05) is 0 Å². The number of amides is 1. The third-order valence-corrected chi connectivity index (χ3v) is 3.79. The van der Waals surface area contributed by atoms with Crippen LogP contribution in [0.2, 0.25) is 0 Å². The zero-order valence-electron chi connectivity index (χ0n) is 9.94. The molecule has 0 radical (unpaired) electrons. The van der Waals surface area contributed by atoms with Gasteiger partial charge in [0.25, 0.3) is 5.91 Å². The molecule has 4 nitrogen and oxygen atoms in total. The number of halogens is 1. The highest BCUT2D eigenvalue weighted by molar-refractivity contribution is 9.10. The molecule has 1 aromatic rings. The van der Waals surface area contributed by atoms with Crippen LogP contribution in [0.15, 0.2) is 28.7 Å². The fourth-order valence-electron chi connectivity index (χ4n) is 1.93. The number of hydrogen-bond donors (Lipinski definition) is 2. The summed E-state index contributed by atoms with van der Waals surface area (Å²) in [6, 6.07) is 6.89. The van der Waals surface area contributed by atoms with Gasteiger partial charge in [0.1, 0.15) is 5.54 Å². The van der Waals surface area contributed by atoms with Gasteiger partial charge < -0.3 is 10.4 Å². The van der Waals surface area contributed by atoms with E-state index < -0.39 is 11.5 Å². The lowest BCUT2D eigenvalue weighted by Crippen LogP contribution is -2.54. The highest BCUT2D eigenvalue weighted by atomic mass is 79.9. The Morgan fingerprint density at radius 3 is 2.61 bits per heavy atom. The van der Waals surface area contributed by atoms with Crippen LogP contribution < -0.4 is 5.32 Å². The summed E-state index contributed by atoms with van der Waals surface area (Å²) >= 11 is 3.28. The maximum absolute atomic E-state index is 12.1. The lowest BCUT2D eigenvalue weighted by atomic mass is 9.95. The third kappa shape index (κ3) is 2.56. The summed E-state index contributed by atoms with van der Waals surface area (Å²) in [4.78, 5) is 23.4. The van der Waals surface area contributed by atoms with Crippen molar-refractivity contribution in [1.82, 2.24) is 5.32 Å². The zero-order valence-corrected chi connectivity index (χ0v) is 11.5. The van der Waals surface area contributed by atoms with Crippen LogP contribution in [-0.2, 0) is 4.79 Å². The zero-order chi connectivity index (χ0) is 13.3. The van der Waals surface area contributed by atoms with Crippen molar-refractivity contribution in [3.05, 3.63) is 34.3 Å². The number of carboxylic acid groups (broad SMARTS) is 1. The van der Waals surface area contributed by atoms with E-state index in [0.717, 1.165) is 17.3 Å². The molecule has 96 valence electrons. The monoisotopic (exact) mass is 311 g/mol. The van der Waals surface area contributed by atoms with Crippen molar-refractivity contribution < 1.29 is 14.7 Å². The number of carbonyl (C=O) groups excluding carboxylic acids is 1. The first kappa shape index (κ1) is 13.1. The SMILES string of the molecule is CC(NC(=O)c1cccc(Br)c1)(C(=O)O)C1CC1. The second-order valence-electron chi connectivity index (χ2n) is 4.75. The molecule has 1 aliphatic carbocycles. The summed E-state index contributed by atoms with van der Waals surface area (Å²) in [6.45, 7) is 1.57. The molecule has 5 heteroatoms. The highest BCUT2D eigenvalue weighted by Gasteiger charge is 2.48. The first-order chi connectivity index (χ1) is 8.43. The quantitative estimate of drug-likeness (QED) is 0.897. The van der Waals surface area contributed by atoms with Crippen LogP contribution in [0.25, 0.3) is 0 Å². The van der Waals surface area contributed by atoms with Gasteiger partial charge in [0.15, 0.2) is 0 Å². The molecule has 0 spiro atoms. The molecule has 0 saturated heterocycles. The fourth-order valence-corrected chi connectivity index (χ4v) is 2.33. The van der Waals surface area contributed by atoms with E-state index in [1.165, 1.54) is 0 Å². The summed E-state index contributed by atoms with van der Waals surface area (Å²) in [5, 5.41) is 11.9. The Labute approximate surface area is 114 Å². The Balaban J connectivity index is 2.17. The van der Waals surface area contributed by atoms with Crippen LogP contribution in [0, 0.1) is 5.92 Å². The van der Waals surface area contributed by atoms with Gasteiger partial charge in [-0.25, -0.2) is 4.79 Å². The molecule has 1 aromatic carbocycles.